The average molecular weight is 609 g/mol. The van der Waals surface area contributed by atoms with Crippen LogP contribution in [0.1, 0.15) is 75.8 Å². The van der Waals surface area contributed by atoms with E-state index in [2.05, 4.69) is 15.6 Å². The van der Waals surface area contributed by atoms with Gasteiger partial charge in [-0.15, -0.1) is 0 Å². The Labute approximate surface area is 258 Å². The molecule has 2 aliphatic rings. The van der Waals surface area contributed by atoms with Crippen LogP contribution in [0.15, 0.2) is 77.5 Å². The van der Waals surface area contributed by atoms with Crippen molar-refractivity contribution in [2.24, 2.45) is 0 Å². The number of unbranched alkanes of at least 4 members (excludes halogenated alkanes) is 2. The summed E-state index contributed by atoms with van der Waals surface area (Å²) in [6, 6.07) is 17.4. The van der Waals surface area contributed by atoms with E-state index in [0.29, 0.717) is 30.7 Å². The number of nitrogens with one attached hydrogen (secondary N) is 2. The normalized spacial score (nSPS) is 17.0. The minimum absolute atomic E-state index is 0.0751. The van der Waals surface area contributed by atoms with Crippen molar-refractivity contribution in [3.8, 4) is 0 Å². The Kier molecular flexibility index (Phi) is 8.79. The molecule has 1 fully saturated rings. The Morgan fingerprint density at radius 3 is 2.69 bits per heavy atom. The third kappa shape index (κ3) is 6.39. The Hall–Kier alpha value is -5.16. The Bertz CT molecular complexity index is 1730. The number of pyridine rings is 1. The Morgan fingerprint density at radius 2 is 1.89 bits per heavy atom. The summed E-state index contributed by atoms with van der Waals surface area (Å²) in [7, 11) is 0. The van der Waals surface area contributed by atoms with Crippen molar-refractivity contribution >= 4 is 40.5 Å². The van der Waals surface area contributed by atoms with E-state index in [0.717, 1.165) is 39.8 Å². The third-order valence-electron chi connectivity index (χ3n) is 8.07. The van der Waals surface area contributed by atoms with Crippen molar-refractivity contribution in [3.63, 3.8) is 0 Å². The fourth-order valence-corrected chi connectivity index (χ4v) is 5.85. The maximum absolute atomic E-state index is 13.3. The van der Waals surface area contributed by atoms with E-state index in [-0.39, 0.29) is 30.9 Å². The van der Waals surface area contributed by atoms with E-state index >= 15 is 0 Å². The van der Waals surface area contributed by atoms with E-state index in [1.807, 2.05) is 42.5 Å². The highest BCUT2D eigenvalue weighted by molar-refractivity contribution is 6.24. The van der Waals surface area contributed by atoms with Crippen LogP contribution in [0, 0.1) is 0 Å². The first-order valence-electron chi connectivity index (χ1n) is 15.0. The number of rotatable bonds is 12. The van der Waals surface area contributed by atoms with Gasteiger partial charge in [-0.3, -0.25) is 39.2 Å². The molecule has 45 heavy (non-hydrogen) atoms. The Balaban J connectivity index is 0.980. The maximum Gasteiger partial charge on any atom is 0.262 e. The smallest absolute Gasteiger partial charge is 0.262 e. The van der Waals surface area contributed by atoms with Crippen LogP contribution in [0.4, 0.5) is 0 Å². The van der Waals surface area contributed by atoms with Gasteiger partial charge in [-0.05, 0) is 55.5 Å². The highest BCUT2D eigenvalue weighted by Gasteiger charge is 2.45. The van der Waals surface area contributed by atoms with Gasteiger partial charge in [0.1, 0.15) is 30.1 Å². The number of ether oxygens (including phenoxy) is 1. The lowest BCUT2D eigenvalue weighted by molar-refractivity contribution is -0.136. The van der Waals surface area contributed by atoms with Crippen molar-refractivity contribution in [1.82, 2.24) is 20.5 Å². The predicted octanol–water partition coefficient (Wildman–Crippen LogP) is 3.86. The number of hydrogen-bond donors (Lipinski definition) is 2. The molecular formula is C34H32N4O7. The highest BCUT2D eigenvalue weighted by atomic mass is 16.5. The lowest BCUT2D eigenvalue weighted by atomic mass is 9.98. The summed E-state index contributed by atoms with van der Waals surface area (Å²) in [6.45, 7) is 0.296. The summed E-state index contributed by atoms with van der Waals surface area (Å²) in [5.41, 5.74) is 2.85. The number of aromatic nitrogens is 1. The molecule has 2 aromatic carbocycles. The van der Waals surface area contributed by atoms with Crippen molar-refractivity contribution in [2.45, 2.75) is 50.7 Å². The van der Waals surface area contributed by atoms with Crippen LogP contribution in [-0.2, 0) is 25.5 Å². The first kappa shape index (κ1) is 29.9. The fourth-order valence-electron chi connectivity index (χ4n) is 5.85. The van der Waals surface area contributed by atoms with Gasteiger partial charge in [0.2, 0.25) is 17.7 Å². The lowest BCUT2D eigenvalue weighted by Crippen LogP contribution is -2.54. The van der Waals surface area contributed by atoms with Crippen LogP contribution in [-0.4, -0.2) is 58.6 Å². The average Bonchev–Trinajstić information content (AvgIpc) is 3.58. The molecule has 11 nitrogen and oxygen atoms in total. The molecule has 2 aliphatic heterocycles. The van der Waals surface area contributed by atoms with Crippen LogP contribution in [0.3, 0.4) is 0 Å². The first-order chi connectivity index (χ1) is 21.9. The summed E-state index contributed by atoms with van der Waals surface area (Å²) < 4.78 is 12.0. The molecule has 5 amide bonds. The number of benzene rings is 2. The third-order valence-corrected chi connectivity index (χ3v) is 8.07. The predicted molar refractivity (Wildman–Crippen MR) is 162 cm³/mol. The number of imide groups is 2. The summed E-state index contributed by atoms with van der Waals surface area (Å²) >= 11 is 0. The van der Waals surface area contributed by atoms with Gasteiger partial charge >= 0.3 is 0 Å². The van der Waals surface area contributed by atoms with Crippen LogP contribution >= 0.6 is 0 Å². The van der Waals surface area contributed by atoms with Gasteiger partial charge in [0.25, 0.3) is 11.8 Å². The number of fused-ring (bicyclic) bond motifs is 2. The molecule has 1 saturated heterocycles. The monoisotopic (exact) mass is 608 g/mol. The molecule has 11 heteroatoms. The van der Waals surface area contributed by atoms with Crippen LogP contribution in [0.5, 0.6) is 0 Å². The fraction of sp³-hybridized carbons (Fsp3) is 0.294. The minimum Gasteiger partial charge on any atom is -0.458 e. The molecule has 2 atom stereocenters. The molecule has 4 heterocycles. The maximum atomic E-state index is 13.3. The highest BCUT2D eigenvalue weighted by Crippen LogP contribution is 2.32. The standard InChI is InChI=1S/C34H32N4O7/c39-28-15-14-25(32(41)37-28)38-33(42)24-12-6-10-21(30(24)34(38)43)8-2-1-5-17-36-29(40)20-44-31(23-11-7-16-35-19-23)27-18-22-9-3-4-13-26(22)45-27/h3-4,6-7,9-13,16,18-19,25,31H,1-2,5,8,14-15,17,20H2,(H,36,40)(H,37,39,41). The van der Waals surface area contributed by atoms with Gasteiger partial charge in [0.15, 0.2) is 0 Å². The number of furan rings is 1. The SMILES string of the molecule is O=C(COC(c1cccnc1)c1cc2ccccc2o1)NCCCCCc1cccc2c1C(=O)N(C1CCC(=O)NC1=O)C2=O. The Morgan fingerprint density at radius 1 is 1.02 bits per heavy atom. The molecule has 2 N–H and O–H groups in total. The van der Waals surface area contributed by atoms with Crippen LogP contribution in [0.25, 0.3) is 11.0 Å². The first-order valence-corrected chi connectivity index (χ1v) is 15.0. The quantitative estimate of drug-likeness (QED) is 0.182. The number of para-hydroxylation sites is 1. The number of amides is 5. The molecule has 4 aromatic rings. The van der Waals surface area contributed by atoms with Gasteiger partial charge in [-0.2, -0.15) is 0 Å². The van der Waals surface area contributed by atoms with Crippen LogP contribution in [0.2, 0.25) is 0 Å². The van der Waals surface area contributed by atoms with Gasteiger partial charge in [0, 0.05) is 36.3 Å². The zero-order valence-corrected chi connectivity index (χ0v) is 24.5. The number of nitrogens with zero attached hydrogens (tertiary/aromatic N) is 2. The second-order valence-electron chi connectivity index (χ2n) is 11.1. The molecule has 0 radical (unpaired) electrons. The number of carbonyl (C=O) groups excluding carboxylic acids is 5. The summed E-state index contributed by atoms with van der Waals surface area (Å²) in [5.74, 6) is -1.71. The molecule has 230 valence electrons. The zero-order chi connectivity index (χ0) is 31.3. The van der Waals surface area contributed by atoms with Crippen molar-refractivity contribution < 1.29 is 33.1 Å². The molecule has 0 bridgehead atoms. The van der Waals surface area contributed by atoms with E-state index in [4.69, 9.17) is 9.15 Å². The molecule has 6 rings (SSSR count). The molecule has 0 aliphatic carbocycles. The second-order valence-corrected chi connectivity index (χ2v) is 11.1. The van der Waals surface area contributed by atoms with Gasteiger partial charge < -0.3 is 14.5 Å². The topological polar surface area (TPSA) is 148 Å². The van der Waals surface area contributed by atoms with Crippen molar-refractivity contribution in [3.05, 3.63) is 101 Å². The lowest BCUT2D eigenvalue weighted by Gasteiger charge is -2.27. The van der Waals surface area contributed by atoms with Gasteiger partial charge in [-0.1, -0.05) is 42.8 Å². The summed E-state index contributed by atoms with van der Waals surface area (Å²) in [6.07, 6.45) is 5.75. The van der Waals surface area contributed by atoms with Crippen molar-refractivity contribution in [2.75, 3.05) is 13.2 Å². The minimum atomic E-state index is -0.992. The number of piperidine rings is 1. The molecule has 0 spiro atoms. The molecule has 2 aromatic heterocycles. The molecular weight excluding hydrogens is 576 g/mol. The molecule has 0 saturated carbocycles. The van der Waals surface area contributed by atoms with E-state index in [1.165, 1.54) is 0 Å². The molecule has 2 unspecified atom stereocenters. The van der Waals surface area contributed by atoms with Crippen molar-refractivity contribution in [1.29, 1.82) is 0 Å². The van der Waals surface area contributed by atoms with E-state index in [9.17, 15) is 24.0 Å². The van der Waals surface area contributed by atoms with Gasteiger partial charge in [-0.25, -0.2) is 0 Å². The van der Waals surface area contributed by atoms with Gasteiger partial charge in [0.05, 0.1) is 11.1 Å². The largest absolute Gasteiger partial charge is 0.458 e. The van der Waals surface area contributed by atoms with E-state index in [1.54, 1.807) is 30.6 Å². The van der Waals surface area contributed by atoms with Crippen LogP contribution < -0.4 is 10.6 Å². The number of hydrogen-bond acceptors (Lipinski definition) is 8. The summed E-state index contributed by atoms with van der Waals surface area (Å²) in [4.78, 5) is 68.0. The second kappa shape index (κ2) is 13.2. The zero-order valence-electron chi connectivity index (χ0n) is 24.5. The number of carbonyl (C=O) groups is 5. The van der Waals surface area contributed by atoms with E-state index < -0.39 is 35.8 Å². The number of aryl methyl sites for hydroxylation is 1. The summed E-state index contributed by atoms with van der Waals surface area (Å²) in [5, 5.41) is 6.05.